The van der Waals surface area contributed by atoms with Crippen LogP contribution in [-0.4, -0.2) is 22.1 Å². The summed E-state index contributed by atoms with van der Waals surface area (Å²) in [4.78, 5) is 16.0. The van der Waals surface area contributed by atoms with Gasteiger partial charge in [0.2, 0.25) is 0 Å². The van der Waals surface area contributed by atoms with Crippen molar-refractivity contribution in [2.24, 2.45) is 0 Å². The topological polar surface area (TPSA) is 62.0 Å². The Kier molecular flexibility index (Phi) is 7.92. The molecule has 0 amide bonds. The van der Waals surface area contributed by atoms with E-state index < -0.39 is 11.6 Å². The molecule has 0 N–H and O–H groups in total. The Balaban J connectivity index is 0.000000205. The third-order valence-corrected chi connectivity index (χ3v) is 3.47. The number of aromatic nitrogens is 4. The largest absolute Gasteiger partial charge is 0.497 e. The minimum absolute atomic E-state index is 0. The summed E-state index contributed by atoms with van der Waals surface area (Å²) in [5.74, 6) is -0.799. The van der Waals surface area contributed by atoms with Crippen LogP contribution in [0.15, 0.2) is 67.4 Å². The van der Waals surface area contributed by atoms with Gasteiger partial charge in [-0.2, -0.15) is 0 Å². The predicted octanol–water partition coefficient (Wildman–Crippen LogP) is 3.93. The minimum Gasteiger partial charge on any atom is -0.497 e. The molecule has 0 saturated carbocycles. The summed E-state index contributed by atoms with van der Waals surface area (Å²) in [6, 6.07) is 13.3. The molecule has 0 atom stereocenters. The Morgan fingerprint density at radius 1 is 1.04 bits per heavy atom. The van der Waals surface area contributed by atoms with Crippen LogP contribution in [0.25, 0.3) is 22.6 Å². The zero-order valence-corrected chi connectivity index (χ0v) is 17.0. The van der Waals surface area contributed by atoms with Crippen LogP contribution in [0.3, 0.4) is 0 Å². The smallest absolute Gasteiger partial charge is 0.113 e. The van der Waals surface area contributed by atoms with Crippen molar-refractivity contribution in [3.8, 4) is 28.4 Å². The first kappa shape index (κ1) is 21.3. The molecular weight excluding hydrogens is 542 g/mol. The number of hydrogen-bond acceptors (Lipinski definition) is 4. The SMILES string of the molecule is COc1ccnc(-c2[c-]cc(F)cc2F)c1.[Ir].c1ccc(-c2cnc[n-]2)nc1. The first-order valence-corrected chi connectivity index (χ1v) is 7.88. The van der Waals surface area contributed by atoms with Crippen LogP contribution < -0.4 is 9.72 Å². The second kappa shape index (κ2) is 10.4. The van der Waals surface area contributed by atoms with E-state index in [1.54, 1.807) is 24.5 Å². The number of benzene rings is 1. The number of methoxy groups -OCH3 is 1. The van der Waals surface area contributed by atoms with E-state index in [0.29, 0.717) is 11.4 Å². The molecule has 8 heteroatoms. The van der Waals surface area contributed by atoms with Gasteiger partial charge in [0, 0.05) is 44.1 Å². The Morgan fingerprint density at radius 3 is 2.50 bits per heavy atom. The summed E-state index contributed by atoms with van der Waals surface area (Å²) in [7, 11) is 1.50. The van der Waals surface area contributed by atoms with Gasteiger partial charge in [-0.3, -0.25) is 13.8 Å². The predicted molar refractivity (Wildman–Crippen MR) is 95.8 cm³/mol. The maximum atomic E-state index is 13.4. The minimum atomic E-state index is -0.694. The molecule has 0 spiro atoms. The van der Waals surface area contributed by atoms with E-state index in [9.17, 15) is 8.78 Å². The number of halogens is 2. The van der Waals surface area contributed by atoms with E-state index in [1.807, 2.05) is 18.2 Å². The van der Waals surface area contributed by atoms with E-state index in [1.165, 1.54) is 19.6 Å². The number of nitrogens with zero attached hydrogens (tertiary/aromatic N) is 4. The molecule has 3 aromatic heterocycles. The fourth-order valence-corrected chi connectivity index (χ4v) is 2.20. The van der Waals surface area contributed by atoms with Crippen LogP contribution in [-0.2, 0) is 20.1 Å². The quantitative estimate of drug-likeness (QED) is 0.358. The number of pyridine rings is 2. The standard InChI is InChI=1S/C12H8F2NO.C8H6N3.Ir/c1-16-9-4-5-15-12(7-9)10-3-2-8(13)6-11(10)14;1-2-4-10-7(3-1)8-5-9-6-11-8;/h2,4-7H,1H3;1-6H;/q2*-1;. The summed E-state index contributed by atoms with van der Waals surface area (Å²) >= 11 is 0. The van der Waals surface area contributed by atoms with Gasteiger partial charge in [-0.1, -0.05) is 30.2 Å². The van der Waals surface area contributed by atoms with Gasteiger partial charge < -0.3 is 19.7 Å². The number of rotatable bonds is 3. The van der Waals surface area contributed by atoms with Crippen molar-refractivity contribution >= 4 is 0 Å². The third-order valence-electron chi connectivity index (χ3n) is 3.47. The van der Waals surface area contributed by atoms with Crippen molar-refractivity contribution in [1.82, 2.24) is 19.9 Å². The van der Waals surface area contributed by atoms with Gasteiger partial charge in [0.05, 0.1) is 12.8 Å². The summed E-state index contributed by atoms with van der Waals surface area (Å²) < 4.78 is 31.1. The Bertz CT molecular complexity index is 998. The maximum Gasteiger partial charge on any atom is 0.113 e. The van der Waals surface area contributed by atoms with Gasteiger partial charge >= 0.3 is 0 Å². The number of imidazole rings is 1. The molecule has 5 nitrogen and oxygen atoms in total. The fourth-order valence-electron chi connectivity index (χ4n) is 2.20. The van der Waals surface area contributed by atoms with E-state index in [4.69, 9.17) is 4.74 Å². The van der Waals surface area contributed by atoms with Crippen LogP contribution in [0.2, 0.25) is 0 Å². The second-order valence-electron chi connectivity index (χ2n) is 5.24. The Morgan fingerprint density at radius 2 is 1.86 bits per heavy atom. The van der Waals surface area contributed by atoms with Gasteiger partial charge in [-0.05, 0) is 35.7 Å². The van der Waals surface area contributed by atoms with Crippen LogP contribution in [0, 0.1) is 17.7 Å². The summed E-state index contributed by atoms with van der Waals surface area (Å²) in [5, 5.41) is 0. The monoisotopic (exact) mass is 557 g/mol. The molecule has 0 aliphatic rings. The second-order valence-corrected chi connectivity index (χ2v) is 5.24. The molecule has 0 saturated heterocycles. The molecule has 4 rings (SSSR count). The van der Waals surface area contributed by atoms with Crippen molar-refractivity contribution in [1.29, 1.82) is 0 Å². The maximum absolute atomic E-state index is 13.4. The molecular formula is C20H14F2IrN4O-2. The molecule has 1 aromatic carbocycles. The average molecular weight is 557 g/mol. The summed E-state index contributed by atoms with van der Waals surface area (Å²) in [6.45, 7) is 0. The average Bonchev–Trinajstić information content (AvgIpc) is 3.24. The molecule has 28 heavy (non-hydrogen) atoms. The fraction of sp³-hybridized carbons (Fsp3) is 0.0500. The van der Waals surface area contributed by atoms with Gasteiger partial charge in [-0.15, -0.1) is 12.1 Å². The van der Waals surface area contributed by atoms with Gasteiger partial charge in [-0.25, -0.2) is 0 Å². The molecule has 4 aromatic rings. The molecule has 145 valence electrons. The molecule has 0 aliphatic carbocycles. The number of ether oxygens (including phenoxy) is 1. The van der Waals surface area contributed by atoms with Crippen LogP contribution in [0.1, 0.15) is 0 Å². The molecule has 0 aliphatic heterocycles. The molecule has 0 unspecified atom stereocenters. The molecule has 0 bridgehead atoms. The van der Waals surface area contributed by atoms with Crippen molar-refractivity contribution in [2.45, 2.75) is 0 Å². The Hall–Kier alpha value is -2.96. The van der Waals surface area contributed by atoms with Crippen molar-refractivity contribution in [2.75, 3.05) is 7.11 Å². The first-order valence-electron chi connectivity index (χ1n) is 7.88. The first-order chi connectivity index (χ1) is 13.2. The number of hydrogen-bond donors (Lipinski definition) is 0. The van der Waals surface area contributed by atoms with Crippen LogP contribution in [0.4, 0.5) is 8.78 Å². The van der Waals surface area contributed by atoms with Gasteiger partial charge in [0.1, 0.15) is 5.75 Å². The summed E-state index contributed by atoms with van der Waals surface area (Å²) in [6.07, 6.45) is 6.45. The summed E-state index contributed by atoms with van der Waals surface area (Å²) in [5.41, 5.74) is 2.17. The Labute approximate surface area is 174 Å². The molecule has 0 fully saturated rings. The molecule has 1 radical (unpaired) electrons. The van der Waals surface area contributed by atoms with Crippen LogP contribution in [0.5, 0.6) is 5.75 Å². The van der Waals surface area contributed by atoms with Gasteiger partial charge in [0.15, 0.2) is 0 Å². The zero-order valence-electron chi connectivity index (χ0n) is 14.6. The van der Waals surface area contributed by atoms with Crippen molar-refractivity contribution in [3.63, 3.8) is 0 Å². The van der Waals surface area contributed by atoms with Gasteiger partial charge in [0.25, 0.3) is 0 Å². The van der Waals surface area contributed by atoms with Crippen molar-refractivity contribution in [3.05, 3.63) is 85.1 Å². The van der Waals surface area contributed by atoms with E-state index >= 15 is 0 Å². The van der Waals surface area contributed by atoms with Crippen LogP contribution >= 0.6 is 0 Å². The van der Waals surface area contributed by atoms with E-state index in [-0.39, 0.29) is 25.7 Å². The normalized spacial score (nSPS) is 9.68. The zero-order chi connectivity index (χ0) is 19.1. The third kappa shape index (κ3) is 5.52. The molecule has 3 heterocycles. The van der Waals surface area contributed by atoms with E-state index in [0.717, 1.165) is 23.5 Å². The van der Waals surface area contributed by atoms with E-state index in [2.05, 4.69) is 26.0 Å². The van der Waals surface area contributed by atoms with Crippen molar-refractivity contribution < 1.29 is 33.6 Å².